The van der Waals surface area contributed by atoms with Gasteiger partial charge in [-0.1, -0.05) is 6.07 Å². The van der Waals surface area contributed by atoms with Gasteiger partial charge in [-0.15, -0.1) is 0 Å². The fourth-order valence-corrected chi connectivity index (χ4v) is 1.47. The van der Waals surface area contributed by atoms with Crippen LogP contribution >= 0.6 is 0 Å². The largest absolute Gasteiger partial charge is 0.328 e. The summed E-state index contributed by atoms with van der Waals surface area (Å²) in [6, 6.07) is 7.29. The van der Waals surface area contributed by atoms with Gasteiger partial charge in [0.15, 0.2) is 0 Å². The highest BCUT2D eigenvalue weighted by molar-refractivity contribution is 6.03. The quantitative estimate of drug-likeness (QED) is 0.852. The molecule has 0 spiro atoms. The van der Waals surface area contributed by atoms with Crippen LogP contribution in [0.2, 0.25) is 0 Å². The number of rotatable bonds is 2. The Hall–Kier alpha value is -2.43. The van der Waals surface area contributed by atoms with Crippen molar-refractivity contribution in [1.82, 2.24) is 4.98 Å². The van der Waals surface area contributed by atoms with Crippen LogP contribution in [0.4, 0.5) is 10.1 Å². The molecule has 0 saturated heterocycles. The minimum absolute atomic E-state index is 0.0153. The predicted octanol–water partition coefficient (Wildman–Crippen LogP) is 2.07. The highest BCUT2D eigenvalue weighted by Gasteiger charge is 2.10. The highest BCUT2D eigenvalue weighted by atomic mass is 19.1. The third kappa shape index (κ3) is 2.45. The summed E-state index contributed by atoms with van der Waals surface area (Å²) in [7, 11) is 0. The third-order valence-electron chi connectivity index (χ3n) is 2.49. The molecule has 5 heteroatoms. The maximum absolute atomic E-state index is 13.3. The van der Waals surface area contributed by atoms with Crippen molar-refractivity contribution in [2.75, 3.05) is 5.32 Å². The zero-order valence-corrected chi connectivity index (χ0v) is 9.66. The molecule has 0 fully saturated rings. The van der Waals surface area contributed by atoms with Gasteiger partial charge in [-0.2, -0.15) is 0 Å². The van der Waals surface area contributed by atoms with E-state index in [4.69, 9.17) is 0 Å². The zero-order chi connectivity index (χ0) is 13.1. The standard InChI is InChI=1S/C13H11FN2O2/c1-8-4-5-9(7-11(8)14)16-13(18)10-3-2-6-15-12(10)17/h2-7H,1H3,(H,15,17)(H,16,18). The minimum atomic E-state index is -0.569. The van der Waals surface area contributed by atoms with Gasteiger partial charge in [0.05, 0.1) is 0 Å². The van der Waals surface area contributed by atoms with Crippen molar-refractivity contribution in [3.8, 4) is 0 Å². The summed E-state index contributed by atoms with van der Waals surface area (Å²) in [5, 5.41) is 2.47. The number of H-pyrrole nitrogens is 1. The van der Waals surface area contributed by atoms with Crippen molar-refractivity contribution < 1.29 is 9.18 Å². The molecule has 0 bridgehead atoms. The summed E-state index contributed by atoms with van der Waals surface area (Å²) in [5.41, 5.74) is 0.304. The van der Waals surface area contributed by atoms with Crippen LogP contribution in [0.15, 0.2) is 41.3 Å². The number of aromatic nitrogens is 1. The number of nitrogens with one attached hydrogen (secondary N) is 2. The Morgan fingerprint density at radius 1 is 1.33 bits per heavy atom. The molecule has 18 heavy (non-hydrogen) atoms. The summed E-state index contributed by atoms with van der Waals surface area (Å²) >= 11 is 0. The van der Waals surface area contributed by atoms with Crippen molar-refractivity contribution in [1.29, 1.82) is 0 Å². The Kier molecular flexibility index (Phi) is 3.23. The first-order valence-electron chi connectivity index (χ1n) is 5.33. The lowest BCUT2D eigenvalue weighted by Crippen LogP contribution is -2.22. The fourth-order valence-electron chi connectivity index (χ4n) is 1.47. The van der Waals surface area contributed by atoms with E-state index in [1.54, 1.807) is 25.1 Å². The molecule has 0 radical (unpaired) electrons. The lowest BCUT2D eigenvalue weighted by Gasteiger charge is -2.05. The van der Waals surface area contributed by atoms with Gasteiger partial charge in [-0.05, 0) is 36.8 Å². The molecule has 2 rings (SSSR count). The van der Waals surface area contributed by atoms with Gasteiger partial charge in [0.25, 0.3) is 11.5 Å². The zero-order valence-electron chi connectivity index (χ0n) is 9.66. The second-order valence-corrected chi connectivity index (χ2v) is 3.83. The SMILES string of the molecule is Cc1ccc(NC(=O)c2ccc[nH]c2=O)cc1F. The molecule has 1 aromatic heterocycles. The van der Waals surface area contributed by atoms with Crippen LogP contribution in [0.1, 0.15) is 15.9 Å². The lowest BCUT2D eigenvalue weighted by atomic mass is 10.2. The molecule has 1 heterocycles. The number of amides is 1. The topological polar surface area (TPSA) is 62.0 Å². The second kappa shape index (κ2) is 4.83. The molecule has 0 atom stereocenters. The van der Waals surface area contributed by atoms with Crippen molar-refractivity contribution in [2.24, 2.45) is 0 Å². The van der Waals surface area contributed by atoms with E-state index in [2.05, 4.69) is 10.3 Å². The van der Waals surface area contributed by atoms with Gasteiger partial charge in [0.2, 0.25) is 0 Å². The van der Waals surface area contributed by atoms with Crippen LogP contribution in [0.25, 0.3) is 0 Å². The number of halogens is 1. The number of carbonyl (C=O) groups excluding carboxylic acids is 1. The molecule has 0 unspecified atom stereocenters. The van der Waals surface area contributed by atoms with Gasteiger partial charge in [0, 0.05) is 11.9 Å². The molecule has 0 aliphatic heterocycles. The summed E-state index contributed by atoms with van der Waals surface area (Å²) in [5.74, 6) is -0.977. The van der Waals surface area contributed by atoms with Crippen LogP contribution in [0.5, 0.6) is 0 Å². The van der Waals surface area contributed by atoms with Crippen molar-refractivity contribution >= 4 is 11.6 Å². The van der Waals surface area contributed by atoms with Crippen molar-refractivity contribution in [3.05, 3.63) is 63.8 Å². The van der Waals surface area contributed by atoms with E-state index in [-0.39, 0.29) is 5.56 Å². The first kappa shape index (κ1) is 12.0. The van der Waals surface area contributed by atoms with Crippen LogP contribution in [-0.2, 0) is 0 Å². The van der Waals surface area contributed by atoms with Gasteiger partial charge in [-0.3, -0.25) is 9.59 Å². The third-order valence-corrected chi connectivity index (χ3v) is 2.49. The number of hydrogen-bond acceptors (Lipinski definition) is 2. The molecule has 2 aromatic rings. The lowest BCUT2D eigenvalue weighted by molar-refractivity contribution is 0.102. The smallest absolute Gasteiger partial charge is 0.261 e. The first-order chi connectivity index (χ1) is 8.58. The van der Waals surface area contributed by atoms with E-state index in [9.17, 15) is 14.0 Å². The number of aryl methyl sites for hydroxylation is 1. The Morgan fingerprint density at radius 2 is 2.11 bits per heavy atom. The Morgan fingerprint density at radius 3 is 2.78 bits per heavy atom. The van der Waals surface area contributed by atoms with E-state index in [0.29, 0.717) is 11.3 Å². The van der Waals surface area contributed by atoms with Crippen molar-refractivity contribution in [2.45, 2.75) is 6.92 Å². The monoisotopic (exact) mass is 246 g/mol. The number of benzene rings is 1. The number of hydrogen-bond donors (Lipinski definition) is 2. The summed E-state index contributed by atoms with van der Waals surface area (Å²) in [4.78, 5) is 25.6. The van der Waals surface area contributed by atoms with E-state index >= 15 is 0 Å². The van der Waals surface area contributed by atoms with Gasteiger partial charge in [-0.25, -0.2) is 4.39 Å². The molecule has 1 aromatic carbocycles. The fraction of sp³-hybridized carbons (Fsp3) is 0.0769. The minimum Gasteiger partial charge on any atom is -0.328 e. The number of carbonyl (C=O) groups is 1. The molecule has 0 saturated carbocycles. The molecule has 2 N–H and O–H groups in total. The summed E-state index contributed by atoms with van der Waals surface area (Å²) in [6.07, 6.45) is 1.44. The number of anilines is 1. The normalized spacial score (nSPS) is 10.1. The van der Waals surface area contributed by atoms with Gasteiger partial charge < -0.3 is 10.3 Å². The van der Waals surface area contributed by atoms with E-state index < -0.39 is 17.3 Å². The summed E-state index contributed by atoms with van der Waals surface area (Å²) in [6.45, 7) is 1.63. The van der Waals surface area contributed by atoms with E-state index in [1.165, 1.54) is 18.3 Å². The summed E-state index contributed by atoms with van der Waals surface area (Å²) < 4.78 is 13.3. The molecule has 1 amide bonds. The number of pyridine rings is 1. The molecular formula is C13H11FN2O2. The van der Waals surface area contributed by atoms with Gasteiger partial charge >= 0.3 is 0 Å². The Labute approximate surface area is 102 Å². The second-order valence-electron chi connectivity index (χ2n) is 3.83. The molecule has 0 aliphatic rings. The van der Waals surface area contributed by atoms with Crippen LogP contribution in [0.3, 0.4) is 0 Å². The molecule has 0 aliphatic carbocycles. The maximum atomic E-state index is 13.3. The predicted molar refractivity (Wildman–Crippen MR) is 66.2 cm³/mol. The van der Waals surface area contributed by atoms with E-state index in [0.717, 1.165) is 0 Å². The number of aromatic amines is 1. The first-order valence-corrected chi connectivity index (χ1v) is 5.33. The van der Waals surface area contributed by atoms with Crippen LogP contribution < -0.4 is 10.9 Å². The van der Waals surface area contributed by atoms with Gasteiger partial charge in [0.1, 0.15) is 11.4 Å². The average molecular weight is 246 g/mol. The maximum Gasteiger partial charge on any atom is 0.261 e. The van der Waals surface area contributed by atoms with Crippen LogP contribution in [0, 0.1) is 12.7 Å². The average Bonchev–Trinajstić information content (AvgIpc) is 2.34. The Bertz CT molecular complexity index is 649. The molecule has 4 nitrogen and oxygen atoms in total. The van der Waals surface area contributed by atoms with E-state index in [1.807, 2.05) is 0 Å². The molecule has 92 valence electrons. The molecular weight excluding hydrogens is 235 g/mol. The highest BCUT2D eigenvalue weighted by Crippen LogP contribution is 2.14. The Balaban J connectivity index is 2.24. The van der Waals surface area contributed by atoms with Crippen molar-refractivity contribution in [3.63, 3.8) is 0 Å². The van der Waals surface area contributed by atoms with Crippen LogP contribution in [-0.4, -0.2) is 10.9 Å².